The number of guanidine groups is 1. The first-order valence-electron chi connectivity index (χ1n) is 8.04. The molecule has 1 aromatic heterocycles. The fraction of sp³-hybridized carbons (Fsp3) is 0.389. The van der Waals surface area contributed by atoms with Gasteiger partial charge in [-0.2, -0.15) is 11.3 Å². The number of rotatable bonds is 8. The predicted octanol–water partition coefficient (Wildman–Crippen LogP) is 3.65. The molecule has 0 saturated carbocycles. The highest BCUT2D eigenvalue weighted by molar-refractivity contribution is 14.0. The number of aliphatic imine (C=N–C) groups is 1. The van der Waals surface area contributed by atoms with E-state index in [4.69, 9.17) is 14.2 Å². The summed E-state index contributed by atoms with van der Waals surface area (Å²) in [4.78, 5) is 4.61. The Morgan fingerprint density at radius 3 is 2.38 bits per heavy atom. The van der Waals surface area contributed by atoms with Crippen LogP contribution in [0.2, 0.25) is 0 Å². The van der Waals surface area contributed by atoms with Crippen molar-refractivity contribution in [3.8, 4) is 17.2 Å². The minimum atomic E-state index is 0. The molecule has 0 spiro atoms. The summed E-state index contributed by atoms with van der Waals surface area (Å²) >= 11 is 1.67. The average Bonchev–Trinajstić information content (AvgIpc) is 3.16. The van der Waals surface area contributed by atoms with E-state index in [1.54, 1.807) is 32.7 Å². The van der Waals surface area contributed by atoms with Gasteiger partial charge < -0.3 is 24.8 Å². The molecule has 0 unspecified atom stereocenters. The maximum absolute atomic E-state index is 5.52. The normalized spacial score (nSPS) is 10.7. The molecule has 1 aromatic carbocycles. The number of halogens is 1. The van der Waals surface area contributed by atoms with Gasteiger partial charge in [-0.05, 0) is 41.4 Å². The highest BCUT2D eigenvalue weighted by Gasteiger charge is 2.15. The molecule has 2 aromatic rings. The molecular weight excluding hydrogens is 465 g/mol. The van der Waals surface area contributed by atoms with Gasteiger partial charge in [0.15, 0.2) is 17.5 Å². The molecule has 6 nitrogen and oxygen atoms in total. The van der Waals surface area contributed by atoms with Crippen molar-refractivity contribution in [2.45, 2.75) is 20.0 Å². The quantitative estimate of drug-likeness (QED) is 0.336. The predicted molar refractivity (Wildman–Crippen MR) is 117 cm³/mol. The fourth-order valence-corrected chi connectivity index (χ4v) is 3.04. The van der Waals surface area contributed by atoms with E-state index in [0.717, 1.165) is 18.1 Å². The molecule has 2 rings (SSSR count). The molecule has 0 fully saturated rings. The van der Waals surface area contributed by atoms with Gasteiger partial charge in [-0.25, -0.2) is 4.99 Å². The van der Waals surface area contributed by atoms with Crippen molar-refractivity contribution in [1.82, 2.24) is 10.6 Å². The van der Waals surface area contributed by atoms with Crippen LogP contribution in [0.15, 0.2) is 34.0 Å². The number of thiophene rings is 1. The number of hydrogen-bond acceptors (Lipinski definition) is 5. The van der Waals surface area contributed by atoms with E-state index in [-0.39, 0.29) is 24.0 Å². The Kier molecular flexibility index (Phi) is 10.2. The van der Waals surface area contributed by atoms with Crippen molar-refractivity contribution < 1.29 is 14.2 Å². The summed E-state index contributed by atoms with van der Waals surface area (Å²) in [6.45, 7) is 4.03. The van der Waals surface area contributed by atoms with Crippen LogP contribution in [0.25, 0.3) is 0 Å². The summed E-state index contributed by atoms with van der Waals surface area (Å²) < 4.78 is 16.3. The fourth-order valence-electron chi connectivity index (χ4n) is 2.38. The lowest BCUT2D eigenvalue weighted by Crippen LogP contribution is -2.36. The van der Waals surface area contributed by atoms with Gasteiger partial charge >= 0.3 is 0 Å². The van der Waals surface area contributed by atoms with Gasteiger partial charge in [0.25, 0.3) is 0 Å². The van der Waals surface area contributed by atoms with Gasteiger partial charge in [-0.15, -0.1) is 24.0 Å². The largest absolute Gasteiger partial charge is 0.493 e. The Hall–Kier alpha value is -1.68. The third kappa shape index (κ3) is 5.94. The minimum absolute atomic E-state index is 0. The Labute approximate surface area is 176 Å². The second-order valence-corrected chi connectivity index (χ2v) is 5.95. The van der Waals surface area contributed by atoms with Crippen LogP contribution in [0.5, 0.6) is 17.2 Å². The Morgan fingerprint density at radius 2 is 1.81 bits per heavy atom. The van der Waals surface area contributed by atoms with Crippen molar-refractivity contribution in [2.75, 3.05) is 27.9 Å². The van der Waals surface area contributed by atoms with Crippen LogP contribution in [0.1, 0.15) is 18.1 Å². The van der Waals surface area contributed by atoms with Gasteiger partial charge in [0.05, 0.1) is 27.9 Å². The van der Waals surface area contributed by atoms with Crippen molar-refractivity contribution >= 4 is 41.3 Å². The zero-order valence-electron chi connectivity index (χ0n) is 15.5. The maximum atomic E-state index is 5.52. The molecule has 0 radical (unpaired) electrons. The molecule has 0 bridgehead atoms. The van der Waals surface area contributed by atoms with Gasteiger partial charge in [-0.1, -0.05) is 0 Å². The number of nitrogens with one attached hydrogen (secondary N) is 2. The van der Waals surface area contributed by atoms with Crippen LogP contribution in [0.4, 0.5) is 0 Å². The summed E-state index contributed by atoms with van der Waals surface area (Å²) in [7, 11) is 4.83. The first-order chi connectivity index (χ1) is 12.2. The van der Waals surface area contributed by atoms with Crippen LogP contribution in [0.3, 0.4) is 0 Å². The van der Waals surface area contributed by atoms with Crippen molar-refractivity contribution in [3.05, 3.63) is 40.1 Å². The van der Waals surface area contributed by atoms with E-state index >= 15 is 0 Å². The van der Waals surface area contributed by atoms with Crippen molar-refractivity contribution in [1.29, 1.82) is 0 Å². The molecular formula is C18H26IN3O3S. The zero-order valence-corrected chi connectivity index (χ0v) is 18.6. The summed E-state index contributed by atoms with van der Waals surface area (Å²) in [5, 5.41) is 10.7. The van der Waals surface area contributed by atoms with Gasteiger partial charge in [0, 0.05) is 18.7 Å². The highest BCUT2D eigenvalue weighted by atomic mass is 127. The van der Waals surface area contributed by atoms with E-state index < -0.39 is 0 Å². The lowest BCUT2D eigenvalue weighted by molar-refractivity contribution is 0.322. The molecule has 144 valence electrons. The topological polar surface area (TPSA) is 64.1 Å². The smallest absolute Gasteiger partial charge is 0.203 e. The number of benzene rings is 1. The molecule has 0 aliphatic rings. The number of methoxy groups -OCH3 is 3. The molecule has 0 atom stereocenters. The van der Waals surface area contributed by atoms with Crippen LogP contribution in [-0.4, -0.2) is 33.8 Å². The van der Waals surface area contributed by atoms with E-state index in [1.165, 1.54) is 5.56 Å². The zero-order chi connectivity index (χ0) is 18.1. The first kappa shape index (κ1) is 22.4. The summed E-state index contributed by atoms with van der Waals surface area (Å²) in [6.07, 6.45) is 0. The highest BCUT2D eigenvalue weighted by Crippen LogP contribution is 2.39. The number of ether oxygens (including phenoxy) is 3. The number of hydrogen-bond donors (Lipinski definition) is 2. The summed E-state index contributed by atoms with van der Waals surface area (Å²) in [5.41, 5.74) is 2.16. The Morgan fingerprint density at radius 1 is 1.04 bits per heavy atom. The molecule has 8 heteroatoms. The average molecular weight is 491 g/mol. The summed E-state index contributed by atoms with van der Waals surface area (Å²) in [5.74, 6) is 2.64. The van der Waals surface area contributed by atoms with Crippen molar-refractivity contribution in [2.24, 2.45) is 4.99 Å². The molecule has 1 heterocycles. The lowest BCUT2D eigenvalue weighted by Gasteiger charge is -2.17. The lowest BCUT2D eigenvalue weighted by atomic mass is 10.1. The van der Waals surface area contributed by atoms with E-state index in [2.05, 4.69) is 32.5 Å². The number of nitrogens with zero attached hydrogens (tertiary/aromatic N) is 1. The molecule has 0 saturated heterocycles. The standard InChI is InChI=1S/C18H25N3O3S.HI/c1-5-19-18(20-10-13-8-9-25-12-13)21-11-14-6-7-15(22-2)17(24-4)16(14)23-3;/h6-9,12H,5,10-11H2,1-4H3,(H2,19,20,21);1H. The Balaban J connectivity index is 0.00000338. The second-order valence-electron chi connectivity index (χ2n) is 5.17. The molecule has 0 aliphatic carbocycles. The van der Waals surface area contributed by atoms with Gasteiger partial charge in [0.2, 0.25) is 5.75 Å². The SMILES string of the molecule is CCNC(=NCc1ccsc1)NCc1ccc(OC)c(OC)c1OC.I. The monoisotopic (exact) mass is 491 g/mol. The molecule has 0 amide bonds. The van der Waals surface area contributed by atoms with E-state index in [1.807, 2.05) is 19.1 Å². The first-order valence-corrected chi connectivity index (χ1v) is 8.98. The third-order valence-corrected chi connectivity index (χ3v) is 4.31. The minimum Gasteiger partial charge on any atom is -0.493 e. The molecule has 26 heavy (non-hydrogen) atoms. The van der Waals surface area contributed by atoms with Gasteiger partial charge in [-0.3, -0.25) is 0 Å². The Bertz CT molecular complexity index is 693. The maximum Gasteiger partial charge on any atom is 0.203 e. The second kappa shape index (κ2) is 11.8. The van der Waals surface area contributed by atoms with Gasteiger partial charge in [0.1, 0.15) is 0 Å². The van der Waals surface area contributed by atoms with E-state index in [0.29, 0.717) is 30.3 Å². The third-order valence-electron chi connectivity index (χ3n) is 3.58. The molecule has 2 N–H and O–H groups in total. The van der Waals surface area contributed by atoms with E-state index in [9.17, 15) is 0 Å². The van der Waals surface area contributed by atoms with Crippen LogP contribution >= 0.6 is 35.3 Å². The molecule has 0 aliphatic heterocycles. The van der Waals surface area contributed by atoms with Crippen LogP contribution < -0.4 is 24.8 Å². The van der Waals surface area contributed by atoms with Crippen molar-refractivity contribution in [3.63, 3.8) is 0 Å². The van der Waals surface area contributed by atoms with Crippen LogP contribution in [-0.2, 0) is 13.1 Å². The summed E-state index contributed by atoms with van der Waals surface area (Å²) in [6, 6.07) is 5.90. The van der Waals surface area contributed by atoms with Crippen LogP contribution in [0, 0.1) is 0 Å².